The van der Waals surface area contributed by atoms with Gasteiger partial charge in [0.25, 0.3) is 0 Å². The van der Waals surface area contributed by atoms with Gasteiger partial charge in [-0.1, -0.05) is 53.4 Å². The zero-order valence-corrected chi connectivity index (χ0v) is 9.14. The van der Waals surface area contributed by atoms with Gasteiger partial charge < -0.3 is 0 Å². The summed E-state index contributed by atoms with van der Waals surface area (Å²) >= 11 is 0. The molecule has 0 saturated heterocycles. The molecule has 0 aromatic heterocycles. The Morgan fingerprint density at radius 1 is 0.500 bits per heavy atom. The monoisotopic (exact) mass is 168 g/mol. The van der Waals surface area contributed by atoms with Gasteiger partial charge in [-0.2, -0.15) is 0 Å². The van der Waals surface area contributed by atoms with Gasteiger partial charge in [0.2, 0.25) is 0 Å². The van der Waals surface area contributed by atoms with E-state index in [1.54, 1.807) is 0 Å². The van der Waals surface area contributed by atoms with Crippen molar-refractivity contribution in [2.45, 2.75) is 53.4 Å². The molecule has 4 atom stereocenters. The lowest BCUT2D eigenvalue weighted by atomic mass is 9.77. The van der Waals surface area contributed by atoms with E-state index in [0.717, 1.165) is 23.7 Å². The third-order valence-corrected chi connectivity index (χ3v) is 4.10. The van der Waals surface area contributed by atoms with E-state index in [1.165, 1.54) is 25.7 Å². The lowest BCUT2D eigenvalue weighted by molar-refractivity contribution is 0.219. The number of hydrogen-bond acceptors (Lipinski definition) is 0. The summed E-state index contributed by atoms with van der Waals surface area (Å²) in [5, 5.41) is 0. The molecule has 2 saturated carbocycles. The molecule has 0 aromatic carbocycles. The Labute approximate surface area is 77.7 Å². The highest BCUT2D eigenvalue weighted by atomic mass is 14.3. The Kier molecular flexibility index (Phi) is 3.61. The summed E-state index contributed by atoms with van der Waals surface area (Å²) in [6.45, 7) is 9.31. The minimum Gasteiger partial charge on any atom is -0.0623 e. The van der Waals surface area contributed by atoms with E-state index in [-0.39, 0.29) is 0 Å². The molecular formula is C12H24. The zero-order chi connectivity index (χ0) is 9.14. The molecule has 0 radical (unpaired) electrons. The second-order valence-electron chi connectivity index (χ2n) is 5.06. The van der Waals surface area contributed by atoms with Crippen LogP contribution in [0.4, 0.5) is 0 Å². The lowest BCUT2D eigenvalue weighted by Gasteiger charge is -2.29. The highest BCUT2D eigenvalue weighted by molar-refractivity contribution is 4.72. The topological polar surface area (TPSA) is 0 Å². The summed E-state index contributed by atoms with van der Waals surface area (Å²) < 4.78 is 0. The molecule has 2 aliphatic rings. The van der Waals surface area contributed by atoms with Crippen molar-refractivity contribution >= 4 is 0 Å². The molecule has 0 aliphatic heterocycles. The van der Waals surface area contributed by atoms with Crippen molar-refractivity contribution in [2.75, 3.05) is 0 Å². The van der Waals surface area contributed by atoms with Gasteiger partial charge in [-0.05, 0) is 23.7 Å². The van der Waals surface area contributed by atoms with E-state index in [4.69, 9.17) is 0 Å². The van der Waals surface area contributed by atoms with Crippen molar-refractivity contribution < 1.29 is 0 Å². The van der Waals surface area contributed by atoms with Crippen LogP contribution in [0.1, 0.15) is 53.4 Å². The van der Waals surface area contributed by atoms with Gasteiger partial charge in [0, 0.05) is 0 Å². The smallest absolute Gasteiger partial charge is 0.0417 e. The Balaban J connectivity index is 0.000000120. The maximum absolute atomic E-state index is 2.33. The van der Waals surface area contributed by atoms with Crippen molar-refractivity contribution in [1.29, 1.82) is 0 Å². The molecule has 2 aliphatic carbocycles. The first kappa shape index (κ1) is 10.1. The van der Waals surface area contributed by atoms with Crippen LogP contribution in [-0.2, 0) is 0 Å². The molecule has 0 nitrogen and oxygen atoms in total. The molecule has 0 bridgehead atoms. The molecule has 0 heterocycles. The molecule has 72 valence electrons. The Morgan fingerprint density at radius 2 is 0.667 bits per heavy atom. The van der Waals surface area contributed by atoms with Crippen LogP contribution in [0.3, 0.4) is 0 Å². The fourth-order valence-corrected chi connectivity index (χ4v) is 1.67. The van der Waals surface area contributed by atoms with E-state index >= 15 is 0 Å². The summed E-state index contributed by atoms with van der Waals surface area (Å²) in [6, 6.07) is 0. The van der Waals surface area contributed by atoms with Gasteiger partial charge in [-0.3, -0.25) is 0 Å². The van der Waals surface area contributed by atoms with Crippen molar-refractivity contribution in [3.05, 3.63) is 0 Å². The molecule has 0 N–H and O–H groups in total. The average molecular weight is 168 g/mol. The second-order valence-corrected chi connectivity index (χ2v) is 5.06. The molecule has 0 heteroatoms. The third kappa shape index (κ3) is 2.50. The normalized spacial score (nSPS) is 45.0. The Hall–Kier alpha value is 0. The van der Waals surface area contributed by atoms with Crippen molar-refractivity contribution in [1.82, 2.24) is 0 Å². The SMILES string of the molecule is C[C@@H]1CC[C@H]1C.C[C@H]1CC[C@@H]1C. The van der Waals surface area contributed by atoms with Gasteiger partial charge in [0.1, 0.15) is 0 Å². The standard InChI is InChI=1S/2C6H12/c2*1-5-3-4-6(5)2/h2*5-6H,3-4H2,1-2H3/t2*5-,6-/m10/s1. The number of hydrogen-bond donors (Lipinski definition) is 0. The molecule has 0 aromatic rings. The van der Waals surface area contributed by atoms with E-state index < -0.39 is 0 Å². The maximum atomic E-state index is 2.33. The summed E-state index contributed by atoms with van der Waals surface area (Å²) in [7, 11) is 0. The van der Waals surface area contributed by atoms with Gasteiger partial charge in [-0.15, -0.1) is 0 Å². The highest BCUT2D eigenvalue weighted by Gasteiger charge is 2.21. The van der Waals surface area contributed by atoms with Crippen LogP contribution in [0.15, 0.2) is 0 Å². The van der Waals surface area contributed by atoms with Crippen molar-refractivity contribution in [3.63, 3.8) is 0 Å². The lowest BCUT2D eigenvalue weighted by Crippen LogP contribution is -2.18. The molecule has 12 heavy (non-hydrogen) atoms. The minimum atomic E-state index is 1.03. The average Bonchev–Trinajstić information content (AvgIpc) is 2.12. The predicted molar refractivity (Wildman–Crippen MR) is 55.1 cm³/mol. The fourth-order valence-electron chi connectivity index (χ4n) is 1.67. The summed E-state index contributed by atoms with van der Waals surface area (Å²) in [6.07, 6.45) is 5.89. The Bertz CT molecular complexity index is 96.0. The summed E-state index contributed by atoms with van der Waals surface area (Å²) in [5.74, 6) is 4.13. The summed E-state index contributed by atoms with van der Waals surface area (Å²) in [4.78, 5) is 0. The second kappa shape index (κ2) is 4.30. The van der Waals surface area contributed by atoms with E-state index in [2.05, 4.69) is 27.7 Å². The molecule has 0 amide bonds. The third-order valence-electron chi connectivity index (χ3n) is 4.10. The highest BCUT2D eigenvalue weighted by Crippen LogP contribution is 2.32. The van der Waals surface area contributed by atoms with Gasteiger partial charge in [0.05, 0.1) is 0 Å². The Morgan fingerprint density at radius 3 is 0.667 bits per heavy atom. The van der Waals surface area contributed by atoms with Gasteiger partial charge in [0.15, 0.2) is 0 Å². The molecule has 0 unspecified atom stereocenters. The zero-order valence-electron chi connectivity index (χ0n) is 9.14. The molecular weight excluding hydrogens is 144 g/mol. The largest absolute Gasteiger partial charge is 0.0623 e. The van der Waals surface area contributed by atoms with Crippen LogP contribution >= 0.6 is 0 Å². The number of rotatable bonds is 0. The first-order chi connectivity index (χ1) is 5.61. The van der Waals surface area contributed by atoms with E-state index in [9.17, 15) is 0 Å². The van der Waals surface area contributed by atoms with Crippen LogP contribution in [0.2, 0.25) is 0 Å². The van der Waals surface area contributed by atoms with Crippen LogP contribution in [0, 0.1) is 23.7 Å². The predicted octanol–water partition coefficient (Wildman–Crippen LogP) is 4.10. The van der Waals surface area contributed by atoms with Crippen LogP contribution < -0.4 is 0 Å². The van der Waals surface area contributed by atoms with Crippen LogP contribution in [0.5, 0.6) is 0 Å². The minimum absolute atomic E-state index is 1.03. The molecule has 2 fully saturated rings. The molecule has 2 rings (SSSR count). The first-order valence-electron chi connectivity index (χ1n) is 5.61. The van der Waals surface area contributed by atoms with Crippen LogP contribution in [0.25, 0.3) is 0 Å². The summed E-state index contributed by atoms with van der Waals surface area (Å²) in [5.41, 5.74) is 0. The fraction of sp³-hybridized carbons (Fsp3) is 1.00. The van der Waals surface area contributed by atoms with Gasteiger partial charge in [-0.25, -0.2) is 0 Å². The molecule has 0 spiro atoms. The van der Waals surface area contributed by atoms with E-state index in [1.807, 2.05) is 0 Å². The van der Waals surface area contributed by atoms with E-state index in [0.29, 0.717) is 0 Å². The van der Waals surface area contributed by atoms with Crippen LogP contribution in [-0.4, -0.2) is 0 Å². The van der Waals surface area contributed by atoms with Crippen molar-refractivity contribution in [3.8, 4) is 0 Å². The first-order valence-corrected chi connectivity index (χ1v) is 5.61. The van der Waals surface area contributed by atoms with Gasteiger partial charge >= 0.3 is 0 Å². The maximum Gasteiger partial charge on any atom is -0.0417 e. The quantitative estimate of drug-likeness (QED) is 0.511. The van der Waals surface area contributed by atoms with Crippen molar-refractivity contribution in [2.24, 2.45) is 23.7 Å².